The Labute approximate surface area is 151 Å². The number of ether oxygens (including phenoxy) is 2. The van der Waals surface area contributed by atoms with Crippen molar-refractivity contribution in [2.24, 2.45) is 5.92 Å². The van der Waals surface area contributed by atoms with E-state index in [9.17, 15) is 9.59 Å². The summed E-state index contributed by atoms with van der Waals surface area (Å²) in [5.74, 6) is 0.554. The number of nitrogens with zero attached hydrogens (tertiary/aromatic N) is 1. The number of carbonyl (C=O) groups excluding carboxylic acids is 2. The molecule has 1 unspecified atom stereocenters. The van der Waals surface area contributed by atoms with Crippen molar-refractivity contribution < 1.29 is 19.1 Å². The molecule has 7 heteroatoms. The van der Waals surface area contributed by atoms with Gasteiger partial charge >= 0.3 is 0 Å². The van der Waals surface area contributed by atoms with Crippen LogP contribution in [0.4, 0.5) is 0 Å². The SMILES string of the molecule is C=CCN1C(=O)/C(=C/C(C)Cc2ccc3c(c2)OCO3)C(=O)NC1=S. The van der Waals surface area contributed by atoms with E-state index >= 15 is 0 Å². The first-order valence-corrected chi connectivity index (χ1v) is 8.29. The normalized spacial score (nSPS) is 19.2. The summed E-state index contributed by atoms with van der Waals surface area (Å²) >= 11 is 5.04. The molecule has 1 aromatic rings. The Bertz CT molecular complexity index is 787. The van der Waals surface area contributed by atoms with Gasteiger partial charge in [0.2, 0.25) is 6.79 Å². The Balaban J connectivity index is 1.76. The van der Waals surface area contributed by atoms with Crippen LogP contribution in [0.3, 0.4) is 0 Å². The Morgan fingerprint density at radius 2 is 2.12 bits per heavy atom. The minimum Gasteiger partial charge on any atom is -0.454 e. The smallest absolute Gasteiger partial charge is 0.265 e. The van der Waals surface area contributed by atoms with Gasteiger partial charge in [-0.3, -0.25) is 19.8 Å². The summed E-state index contributed by atoms with van der Waals surface area (Å²) in [5, 5.41) is 2.65. The number of benzene rings is 1. The van der Waals surface area contributed by atoms with Crippen LogP contribution >= 0.6 is 12.2 Å². The first-order valence-electron chi connectivity index (χ1n) is 7.88. The third-order valence-electron chi connectivity index (χ3n) is 3.94. The van der Waals surface area contributed by atoms with Gasteiger partial charge in [0.15, 0.2) is 16.6 Å². The predicted octanol–water partition coefficient (Wildman–Crippen LogP) is 1.95. The zero-order chi connectivity index (χ0) is 18.0. The number of carbonyl (C=O) groups is 2. The summed E-state index contributed by atoms with van der Waals surface area (Å²) < 4.78 is 10.7. The number of allylic oxidation sites excluding steroid dienone is 1. The number of amides is 2. The van der Waals surface area contributed by atoms with E-state index in [1.165, 1.54) is 4.90 Å². The van der Waals surface area contributed by atoms with E-state index in [1.54, 1.807) is 12.2 Å². The lowest BCUT2D eigenvalue weighted by atomic mass is 9.97. The van der Waals surface area contributed by atoms with E-state index in [1.807, 2.05) is 25.1 Å². The number of hydrogen-bond donors (Lipinski definition) is 1. The first-order chi connectivity index (χ1) is 12.0. The topological polar surface area (TPSA) is 67.9 Å². The Morgan fingerprint density at radius 3 is 2.88 bits per heavy atom. The van der Waals surface area contributed by atoms with Crippen LogP contribution in [0.25, 0.3) is 0 Å². The van der Waals surface area contributed by atoms with Crippen LogP contribution in [0.1, 0.15) is 12.5 Å². The molecule has 130 valence electrons. The number of fused-ring (bicyclic) bond motifs is 1. The molecule has 6 nitrogen and oxygen atoms in total. The molecule has 2 amide bonds. The number of hydrogen-bond acceptors (Lipinski definition) is 5. The van der Waals surface area contributed by atoms with E-state index in [0.29, 0.717) is 12.2 Å². The summed E-state index contributed by atoms with van der Waals surface area (Å²) in [5.41, 5.74) is 1.14. The molecule has 25 heavy (non-hydrogen) atoms. The molecule has 0 aliphatic carbocycles. The lowest BCUT2D eigenvalue weighted by Gasteiger charge is -2.28. The third-order valence-corrected chi connectivity index (χ3v) is 4.27. The molecule has 0 saturated carbocycles. The van der Waals surface area contributed by atoms with Crippen LogP contribution in [-0.2, 0) is 16.0 Å². The van der Waals surface area contributed by atoms with Crippen molar-refractivity contribution in [2.75, 3.05) is 13.3 Å². The fourth-order valence-corrected chi connectivity index (χ4v) is 3.04. The van der Waals surface area contributed by atoms with Crippen molar-refractivity contribution in [3.63, 3.8) is 0 Å². The van der Waals surface area contributed by atoms with E-state index in [2.05, 4.69) is 11.9 Å². The van der Waals surface area contributed by atoms with Crippen LogP contribution < -0.4 is 14.8 Å². The van der Waals surface area contributed by atoms with Gasteiger partial charge in [-0.15, -0.1) is 6.58 Å². The molecule has 1 saturated heterocycles. The highest BCUT2D eigenvalue weighted by Gasteiger charge is 2.32. The molecule has 2 aliphatic rings. The van der Waals surface area contributed by atoms with Gasteiger partial charge in [0, 0.05) is 6.54 Å². The van der Waals surface area contributed by atoms with Gasteiger partial charge in [0.25, 0.3) is 11.8 Å². The number of thiocarbonyl (C=S) groups is 1. The predicted molar refractivity (Wildman–Crippen MR) is 96.2 cm³/mol. The average molecular weight is 358 g/mol. The summed E-state index contributed by atoms with van der Waals surface area (Å²) in [6.07, 6.45) is 3.90. The lowest BCUT2D eigenvalue weighted by molar-refractivity contribution is -0.128. The Hall–Kier alpha value is -2.67. The van der Waals surface area contributed by atoms with Gasteiger partial charge in [-0.2, -0.15) is 0 Å². The summed E-state index contributed by atoms with van der Waals surface area (Å²) in [6, 6.07) is 5.73. The van der Waals surface area contributed by atoms with Crippen molar-refractivity contribution in [2.45, 2.75) is 13.3 Å². The molecule has 0 bridgehead atoms. The molecule has 0 aromatic heterocycles. The van der Waals surface area contributed by atoms with Crippen LogP contribution in [0, 0.1) is 5.92 Å². The first kappa shape index (κ1) is 17.2. The van der Waals surface area contributed by atoms with Gasteiger partial charge < -0.3 is 9.47 Å². The van der Waals surface area contributed by atoms with E-state index in [0.717, 1.165) is 11.3 Å². The molecule has 1 aromatic carbocycles. The van der Waals surface area contributed by atoms with Crippen LogP contribution in [-0.4, -0.2) is 35.2 Å². The summed E-state index contributed by atoms with van der Waals surface area (Å²) in [6.45, 7) is 6.04. The molecular weight excluding hydrogens is 340 g/mol. The minimum atomic E-state index is -0.465. The maximum absolute atomic E-state index is 12.5. The van der Waals surface area contributed by atoms with Crippen molar-refractivity contribution in [1.29, 1.82) is 0 Å². The second-order valence-electron chi connectivity index (χ2n) is 5.91. The van der Waals surface area contributed by atoms with Gasteiger partial charge in [-0.1, -0.05) is 25.1 Å². The zero-order valence-corrected chi connectivity index (χ0v) is 14.6. The zero-order valence-electron chi connectivity index (χ0n) is 13.8. The van der Waals surface area contributed by atoms with Crippen LogP contribution in [0.15, 0.2) is 42.5 Å². The van der Waals surface area contributed by atoms with E-state index < -0.39 is 11.8 Å². The van der Waals surface area contributed by atoms with Crippen molar-refractivity contribution in [3.8, 4) is 11.5 Å². The molecule has 1 fully saturated rings. The number of rotatable bonds is 5. The van der Waals surface area contributed by atoms with Crippen molar-refractivity contribution in [1.82, 2.24) is 10.2 Å². The Kier molecular flexibility index (Phi) is 4.85. The highest BCUT2D eigenvalue weighted by atomic mass is 32.1. The highest BCUT2D eigenvalue weighted by Crippen LogP contribution is 2.33. The average Bonchev–Trinajstić information content (AvgIpc) is 3.03. The monoisotopic (exact) mass is 358 g/mol. The molecule has 2 aliphatic heterocycles. The fraction of sp³-hybridized carbons (Fsp3) is 0.278. The molecule has 3 rings (SSSR count). The lowest BCUT2D eigenvalue weighted by Crippen LogP contribution is -2.54. The second kappa shape index (κ2) is 7.06. The van der Waals surface area contributed by atoms with Crippen molar-refractivity contribution >= 4 is 29.1 Å². The molecule has 1 N–H and O–H groups in total. The fourth-order valence-electron chi connectivity index (χ4n) is 2.79. The van der Waals surface area contributed by atoms with Crippen LogP contribution in [0.5, 0.6) is 11.5 Å². The molecular formula is C18H18N2O4S. The van der Waals surface area contributed by atoms with Gasteiger partial charge in [-0.25, -0.2) is 0 Å². The standard InChI is InChI=1S/C18H18N2O4S/c1-3-6-20-17(22)13(16(21)19-18(20)25)8-11(2)7-12-4-5-14-15(9-12)24-10-23-14/h3-5,8-9,11H,1,6-7,10H2,2H3,(H,19,21,25)/b13-8+. The highest BCUT2D eigenvalue weighted by molar-refractivity contribution is 7.80. The molecule has 0 radical (unpaired) electrons. The molecule has 1 atom stereocenters. The quantitative estimate of drug-likeness (QED) is 0.377. The third kappa shape index (κ3) is 3.56. The van der Waals surface area contributed by atoms with Gasteiger partial charge in [0.1, 0.15) is 5.57 Å². The maximum atomic E-state index is 12.5. The summed E-state index contributed by atoms with van der Waals surface area (Å²) in [4.78, 5) is 26.0. The minimum absolute atomic E-state index is 0.0256. The van der Waals surface area contributed by atoms with E-state index in [-0.39, 0.29) is 29.9 Å². The van der Waals surface area contributed by atoms with Gasteiger partial charge in [0.05, 0.1) is 0 Å². The van der Waals surface area contributed by atoms with E-state index in [4.69, 9.17) is 21.7 Å². The molecule has 0 spiro atoms. The maximum Gasteiger partial charge on any atom is 0.265 e. The summed E-state index contributed by atoms with van der Waals surface area (Å²) in [7, 11) is 0. The number of nitrogens with one attached hydrogen (secondary N) is 1. The van der Waals surface area contributed by atoms with Crippen LogP contribution in [0.2, 0.25) is 0 Å². The Morgan fingerprint density at radius 1 is 1.36 bits per heavy atom. The largest absolute Gasteiger partial charge is 0.454 e. The van der Waals surface area contributed by atoms with Gasteiger partial charge in [-0.05, 0) is 42.3 Å². The van der Waals surface area contributed by atoms with Crippen molar-refractivity contribution in [3.05, 3.63) is 48.1 Å². The molecule has 2 heterocycles. The second-order valence-corrected chi connectivity index (χ2v) is 6.30.